The molecule has 0 bridgehead atoms. The number of thiophene rings is 1. The van der Waals surface area contributed by atoms with Crippen molar-refractivity contribution in [3.8, 4) is 0 Å². The molecule has 2 rings (SSSR count). The van der Waals surface area contributed by atoms with Crippen LogP contribution in [-0.4, -0.2) is 32.2 Å². The molecule has 0 aromatic carbocycles. The first-order valence-electron chi connectivity index (χ1n) is 6.03. The first-order chi connectivity index (χ1) is 9.51. The summed E-state index contributed by atoms with van der Waals surface area (Å²) in [4.78, 5) is 4.97. The summed E-state index contributed by atoms with van der Waals surface area (Å²) in [5.74, 6) is 0.725. The van der Waals surface area contributed by atoms with Crippen molar-refractivity contribution in [3.63, 3.8) is 0 Å². The zero-order valence-electron chi connectivity index (χ0n) is 11.2. The third-order valence-electron chi connectivity index (χ3n) is 2.51. The first-order valence-corrected chi connectivity index (χ1v) is 8.33. The third kappa shape index (κ3) is 3.85. The van der Waals surface area contributed by atoms with Crippen LogP contribution in [0.5, 0.6) is 0 Å². The minimum Gasteiger partial charge on any atom is -0.338 e. The predicted octanol–water partition coefficient (Wildman–Crippen LogP) is 0.680. The van der Waals surface area contributed by atoms with Gasteiger partial charge >= 0.3 is 0 Å². The Balaban J connectivity index is 2.00. The number of sulfonamides is 1. The second-order valence-electron chi connectivity index (χ2n) is 4.13. The van der Waals surface area contributed by atoms with E-state index in [-0.39, 0.29) is 12.4 Å². The quantitative estimate of drug-likeness (QED) is 0.779. The van der Waals surface area contributed by atoms with E-state index < -0.39 is 10.0 Å². The molecule has 0 fully saturated rings. The van der Waals surface area contributed by atoms with Crippen molar-refractivity contribution in [2.45, 2.75) is 24.1 Å². The van der Waals surface area contributed by atoms with Crippen molar-refractivity contribution in [2.24, 2.45) is 0 Å². The van der Waals surface area contributed by atoms with E-state index in [0.717, 1.165) is 17.8 Å². The lowest BCUT2D eigenvalue weighted by atomic mass is 10.3. The number of nitrogens with one attached hydrogen (secondary N) is 2. The molecule has 0 radical (unpaired) electrons. The second kappa shape index (κ2) is 6.44. The smallest absolute Gasteiger partial charge is 0.250 e. The largest absolute Gasteiger partial charge is 0.338 e. The second-order valence-corrected chi connectivity index (χ2v) is 7.30. The topological polar surface area (TPSA) is 97.1 Å². The van der Waals surface area contributed by atoms with Crippen LogP contribution in [0.4, 0.5) is 0 Å². The number of hydrogen-bond acceptors (Lipinski definition) is 7. The molecular formula is C11H16N4O3S2. The van der Waals surface area contributed by atoms with Gasteiger partial charge in [-0.1, -0.05) is 5.16 Å². The van der Waals surface area contributed by atoms with Gasteiger partial charge in [-0.15, -0.1) is 11.3 Å². The lowest BCUT2D eigenvalue weighted by Gasteiger charge is -2.01. The van der Waals surface area contributed by atoms with Gasteiger partial charge in [0.25, 0.3) is 10.0 Å². The Hall–Kier alpha value is -1.29. The van der Waals surface area contributed by atoms with E-state index in [1.165, 1.54) is 11.3 Å². The molecule has 7 nitrogen and oxygen atoms in total. The highest BCUT2D eigenvalue weighted by molar-refractivity contribution is 7.91. The number of rotatable bonds is 7. The minimum atomic E-state index is -3.53. The van der Waals surface area contributed by atoms with Crippen molar-refractivity contribution >= 4 is 21.4 Å². The van der Waals surface area contributed by atoms with Crippen LogP contribution in [0, 0.1) is 6.92 Å². The van der Waals surface area contributed by atoms with Crippen LogP contribution in [0.1, 0.15) is 16.6 Å². The number of aromatic nitrogens is 2. The van der Waals surface area contributed by atoms with Crippen LogP contribution >= 0.6 is 11.3 Å². The van der Waals surface area contributed by atoms with Gasteiger partial charge < -0.3 is 9.84 Å². The van der Waals surface area contributed by atoms with Crippen LogP contribution in [-0.2, 0) is 23.0 Å². The molecule has 9 heteroatoms. The Morgan fingerprint density at radius 2 is 2.20 bits per heavy atom. The highest BCUT2D eigenvalue weighted by Crippen LogP contribution is 2.21. The van der Waals surface area contributed by atoms with Gasteiger partial charge in [-0.05, 0) is 39.1 Å². The number of likely N-dealkylation sites (N-methyl/N-ethyl adjacent to an activating group) is 1. The molecule has 110 valence electrons. The molecular weight excluding hydrogens is 300 g/mol. The Morgan fingerprint density at radius 3 is 2.85 bits per heavy atom. The molecule has 2 aromatic heterocycles. The Bertz CT molecular complexity index is 663. The number of aryl methyl sites for hydroxylation is 1. The van der Waals surface area contributed by atoms with Gasteiger partial charge in [0.1, 0.15) is 4.21 Å². The van der Waals surface area contributed by atoms with Gasteiger partial charge in [-0.25, -0.2) is 13.1 Å². The van der Waals surface area contributed by atoms with Gasteiger partial charge in [0.2, 0.25) is 5.89 Å². The van der Waals surface area contributed by atoms with Crippen LogP contribution in [0.25, 0.3) is 0 Å². The SMILES string of the molecule is CNCCc1ccc(S(=O)(=O)NCc2nc(C)no2)s1. The summed E-state index contributed by atoms with van der Waals surface area (Å²) in [6.45, 7) is 2.48. The molecule has 0 atom stereocenters. The monoisotopic (exact) mass is 316 g/mol. The zero-order chi connectivity index (χ0) is 14.6. The van der Waals surface area contributed by atoms with Gasteiger partial charge in [0.05, 0.1) is 6.54 Å². The molecule has 2 aromatic rings. The molecule has 2 N–H and O–H groups in total. The standard InChI is InChI=1S/C11H16N4O3S2/c1-8-14-10(18-15-8)7-13-20(16,17)11-4-3-9(19-11)5-6-12-2/h3-4,12-13H,5-7H2,1-2H3. The average molecular weight is 316 g/mol. The summed E-state index contributed by atoms with van der Waals surface area (Å²) in [6.07, 6.45) is 0.805. The Labute approximate surface area is 121 Å². The van der Waals surface area contributed by atoms with E-state index in [0.29, 0.717) is 10.0 Å². The molecule has 20 heavy (non-hydrogen) atoms. The fourth-order valence-electron chi connectivity index (χ4n) is 1.52. The van der Waals surface area contributed by atoms with Crippen molar-refractivity contribution in [1.29, 1.82) is 0 Å². The van der Waals surface area contributed by atoms with Crippen molar-refractivity contribution in [1.82, 2.24) is 20.2 Å². The Morgan fingerprint density at radius 1 is 1.40 bits per heavy atom. The maximum atomic E-state index is 12.1. The van der Waals surface area contributed by atoms with Gasteiger partial charge in [-0.3, -0.25) is 0 Å². The van der Waals surface area contributed by atoms with E-state index in [9.17, 15) is 8.42 Å². The molecule has 0 aliphatic heterocycles. The van der Waals surface area contributed by atoms with E-state index in [2.05, 4.69) is 20.2 Å². The van der Waals surface area contributed by atoms with E-state index >= 15 is 0 Å². The Kier molecular flexibility index (Phi) is 4.86. The normalized spacial score (nSPS) is 11.9. The summed E-state index contributed by atoms with van der Waals surface area (Å²) in [5, 5.41) is 6.63. The van der Waals surface area contributed by atoms with Gasteiger partial charge in [0.15, 0.2) is 5.82 Å². The molecule has 0 spiro atoms. The molecule has 2 heterocycles. The van der Waals surface area contributed by atoms with Crippen LogP contribution < -0.4 is 10.0 Å². The van der Waals surface area contributed by atoms with E-state index in [4.69, 9.17) is 4.52 Å². The summed E-state index contributed by atoms with van der Waals surface area (Å²) < 4.78 is 31.8. The van der Waals surface area contributed by atoms with E-state index in [1.807, 2.05) is 13.1 Å². The zero-order valence-corrected chi connectivity index (χ0v) is 12.8. The molecule has 0 saturated heterocycles. The lowest BCUT2D eigenvalue weighted by Crippen LogP contribution is -2.22. The van der Waals surface area contributed by atoms with Crippen molar-refractivity contribution in [2.75, 3.05) is 13.6 Å². The number of hydrogen-bond donors (Lipinski definition) is 2. The summed E-state index contributed by atoms with van der Waals surface area (Å²) in [5.41, 5.74) is 0. The van der Waals surface area contributed by atoms with Gasteiger partial charge in [0, 0.05) is 4.88 Å². The third-order valence-corrected chi connectivity index (χ3v) is 5.54. The van der Waals surface area contributed by atoms with Crippen LogP contribution in [0.2, 0.25) is 0 Å². The van der Waals surface area contributed by atoms with Gasteiger partial charge in [-0.2, -0.15) is 4.98 Å². The average Bonchev–Trinajstić information content (AvgIpc) is 3.03. The molecule has 0 aliphatic rings. The number of nitrogens with zero attached hydrogens (tertiary/aromatic N) is 2. The summed E-state index contributed by atoms with van der Waals surface area (Å²) >= 11 is 1.26. The fraction of sp³-hybridized carbons (Fsp3) is 0.455. The predicted molar refractivity (Wildman–Crippen MR) is 75.0 cm³/mol. The maximum Gasteiger partial charge on any atom is 0.250 e. The highest BCUT2D eigenvalue weighted by atomic mass is 32.2. The fourth-order valence-corrected chi connectivity index (χ4v) is 3.90. The molecule has 0 saturated carbocycles. The molecule has 0 unspecified atom stereocenters. The van der Waals surface area contributed by atoms with Crippen molar-refractivity contribution in [3.05, 3.63) is 28.7 Å². The molecule has 0 amide bonds. The summed E-state index contributed by atoms with van der Waals surface area (Å²) in [6, 6.07) is 3.43. The van der Waals surface area contributed by atoms with Crippen LogP contribution in [0.3, 0.4) is 0 Å². The van der Waals surface area contributed by atoms with Crippen molar-refractivity contribution < 1.29 is 12.9 Å². The minimum absolute atomic E-state index is 0.00702. The first kappa shape index (κ1) is 15.1. The maximum absolute atomic E-state index is 12.1. The lowest BCUT2D eigenvalue weighted by molar-refractivity contribution is 0.372. The molecule has 0 aliphatic carbocycles. The van der Waals surface area contributed by atoms with Crippen LogP contribution in [0.15, 0.2) is 20.9 Å². The summed E-state index contributed by atoms with van der Waals surface area (Å²) in [7, 11) is -1.67. The van der Waals surface area contributed by atoms with E-state index in [1.54, 1.807) is 13.0 Å². The highest BCUT2D eigenvalue weighted by Gasteiger charge is 2.17.